The number of benzene rings is 4. The summed E-state index contributed by atoms with van der Waals surface area (Å²) in [4.78, 5) is 16.0. The second kappa shape index (κ2) is 12.7. The van der Waals surface area contributed by atoms with E-state index in [-0.39, 0.29) is 6.32 Å². The number of nitrogens with one attached hydrogen (secondary N) is 1. The Kier molecular flexibility index (Phi) is 9.17. The lowest BCUT2D eigenvalue weighted by atomic mass is 10.1. The molecule has 0 heterocycles. The second-order valence-electron chi connectivity index (χ2n) is 8.80. The molecule has 0 atom stereocenters. The van der Waals surface area contributed by atoms with Crippen molar-refractivity contribution in [1.82, 2.24) is 9.62 Å². The zero-order chi connectivity index (χ0) is 26.1. The number of carbonyl (C=O) groups excluding carboxylic acids is 1. The Labute approximate surface area is 225 Å². The minimum atomic E-state index is -3.97. The monoisotopic (exact) mass is 532 g/mol. The number of hydrogen-bond donors (Lipinski definition) is 1. The van der Waals surface area contributed by atoms with E-state index in [1.807, 2.05) is 42.1 Å². The topological polar surface area (TPSA) is 66.5 Å². The van der Waals surface area contributed by atoms with Gasteiger partial charge in [-0.15, -0.1) is 11.8 Å². The van der Waals surface area contributed by atoms with Gasteiger partial charge in [0.2, 0.25) is 0 Å². The zero-order valence-electron chi connectivity index (χ0n) is 20.7. The normalized spacial score (nSPS) is 11.4. The molecule has 5 nitrogen and oxygen atoms in total. The van der Waals surface area contributed by atoms with Gasteiger partial charge in [-0.05, 0) is 54.4 Å². The highest BCUT2D eigenvalue weighted by Crippen LogP contribution is 2.19. The molecule has 0 bridgehead atoms. The maximum Gasteiger partial charge on any atom is 0.264 e. The molecular formula is C30H32N2O3S2. The summed E-state index contributed by atoms with van der Waals surface area (Å²) in [5, 5.41) is 0. The summed E-state index contributed by atoms with van der Waals surface area (Å²) < 4.78 is 27.6. The van der Waals surface area contributed by atoms with E-state index in [1.54, 1.807) is 42.5 Å². The quantitative estimate of drug-likeness (QED) is 0.235. The molecule has 37 heavy (non-hydrogen) atoms. The highest BCUT2D eigenvalue weighted by molar-refractivity contribution is 7.99. The Bertz CT molecular complexity index is 1400. The number of carbonyl (C=O) groups is 1. The Balaban J connectivity index is 0.00000400. The minimum Gasteiger partial charge on any atom is -0.294 e. The van der Waals surface area contributed by atoms with Gasteiger partial charge in [-0.25, -0.2) is 13.1 Å². The van der Waals surface area contributed by atoms with E-state index in [9.17, 15) is 13.2 Å². The van der Waals surface area contributed by atoms with Gasteiger partial charge >= 0.3 is 0 Å². The Morgan fingerprint density at radius 1 is 0.784 bits per heavy atom. The molecule has 0 saturated carbocycles. The van der Waals surface area contributed by atoms with Gasteiger partial charge in [-0.2, -0.15) is 0 Å². The van der Waals surface area contributed by atoms with Crippen LogP contribution in [0.5, 0.6) is 0 Å². The largest absolute Gasteiger partial charge is 0.294 e. The molecule has 0 aliphatic carbocycles. The molecule has 7 heteroatoms. The first-order valence-corrected chi connectivity index (χ1v) is 14.5. The Morgan fingerprint density at radius 3 is 1.92 bits per heavy atom. The third-order valence-electron chi connectivity index (χ3n) is 5.85. The maximum atomic E-state index is 12.7. The number of thioether (sulfide) groups is 1. The standard InChI is InChI=1S/C30H30N2O3S2.H2/c1-24-12-14-25(15-13-24)22-32(20-21-36-28-10-6-3-7-11-28)23-26-16-18-29(19-17-26)37(34,35)31-30(33)27-8-4-2-5-9-27;/h2-19H,20-23H2,1H3,(H,31,33);1H. The average molecular weight is 533 g/mol. The molecule has 1 amide bonds. The van der Waals surface area contributed by atoms with Crippen molar-refractivity contribution in [3.8, 4) is 0 Å². The van der Waals surface area contributed by atoms with Crippen molar-refractivity contribution >= 4 is 27.7 Å². The van der Waals surface area contributed by atoms with Gasteiger partial charge < -0.3 is 0 Å². The summed E-state index contributed by atoms with van der Waals surface area (Å²) >= 11 is 1.82. The second-order valence-corrected chi connectivity index (χ2v) is 11.7. The van der Waals surface area contributed by atoms with Crippen LogP contribution in [0.2, 0.25) is 0 Å². The number of aryl methyl sites for hydroxylation is 1. The first kappa shape index (κ1) is 26.7. The molecule has 192 valence electrons. The number of nitrogens with zero attached hydrogens (tertiary/aromatic N) is 1. The first-order valence-electron chi connectivity index (χ1n) is 12.1. The van der Waals surface area contributed by atoms with E-state index in [1.165, 1.54) is 16.0 Å². The highest BCUT2D eigenvalue weighted by atomic mass is 32.2. The third-order valence-corrected chi connectivity index (χ3v) is 8.19. The molecule has 0 aliphatic rings. The maximum absolute atomic E-state index is 12.7. The molecule has 0 unspecified atom stereocenters. The summed E-state index contributed by atoms with van der Waals surface area (Å²) in [5.41, 5.74) is 3.76. The predicted molar refractivity (Wildman–Crippen MR) is 152 cm³/mol. The molecule has 0 saturated heterocycles. The Morgan fingerprint density at radius 2 is 1.32 bits per heavy atom. The molecule has 4 aromatic rings. The lowest BCUT2D eigenvalue weighted by molar-refractivity contribution is 0.0981. The van der Waals surface area contributed by atoms with Gasteiger partial charge in [-0.1, -0.05) is 78.4 Å². The number of hydrogen-bond acceptors (Lipinski definition) is 5. The van der Waals surface area contributed by atoms with Crippen LogP contribution in [-0.2, 0) is 23.1 Å². The zero-order valence-corrected chi connectivity index (χ0v) is 22.3. The highest BCUT2D eigenvalue weighted by Gasteiger charge is 2.19. The van der Waals surface area contributed by atoms with Gasteiger partial charge in [0.1, 0.15) is 0 Å². The van der Waals surface area contributed by atoms with Crippen molar-refractivity contribution < 1.29 is 14.6 Å². The van der Waals surface area contributed by atoms with Gasteiger partial charge in [0.05, 0.1) is 4.90 Å². The summed E-state index contributed by atoms with van der Waals surface area (Å²) in [5.74, 6) is 0.290. The predicted octanol–water partition coefficient (Wildman–Crippen LogP) is 6.15. The molecule has 0 aliphatic heterocycles. The van der Waals surface area contributed by atoms with Crippen molar-refractivity contribution in [3.63, 3.8) is 0 Å². The Hall–Kier alpha value is -3.39. The lowest BCUT2D eigenvalue weighted by Crippen LogP contribution is -2.30. The van der Waals surface area contributed by atoms with Gasteiger partial charge in [0.25, 0.3) is 15.9 Å². The van der Waals surface area contributed by atoms with Crippen LogP contribution in [0.15, 0.2) is 119 Å². The fourth-order valence-electron chi connectivity index (χ4n) is 3.84. The van der Waals surface area contributed by atoms with E-state index in [2.05, 4.69) is 52.9 Å². The van der Waals surface area contributed by atoms with Crippen LogP contribution >= 0.6 is 11.8 Å². The fraction of sp³-hybridized carbons (Fsp3) is 0.167. The van der Waals surface area contributed by atoms with E-state index >= 15 is 0 Å². The third kappa shape index (κ3) is 8.05. The molecule has 0 fully saturated rings. The smallest absolute Gasteiger partial charge is 0.264 e. The summed E-state index contributed by atoms with van der Waals surface area (Å²) in [7, 11) is -3.97. The fourth-order valence-corrected chi connectivity index (χ4v) is 5.75. The van der Waals surface area contributed by atoms with Crippen LogP contribution in [0.4, 0.5) is 0 Å². The molecule has 1 N–H and O–H groups in total. The molecule has 0 spiro atoms. The van der Waals surface area contributed by atoms with Crippen molar-refractivity contribution in [2.24, 2.45) is 0 Å². The van der Waals surface area contributed by atoms with Gasteiger partial charge in [-0.3, -0.25) is 9.69 Å². The van der Waals surface area contributed by atoms with Gasteiger partial charge in [0, 0.05) is 37.3 Å². The van der Waals surface area contributed by atoms with Crippen LogP contribution in [0, 0.1) is 6.92 Å². The van der Waals surface area contributed by atoms with E-state index in [0.717, 1.165) is 24.4 Å². The SMILES string of the molecule is Cc1ccc(CN(CCSc2ccccc2)Cc2ccc(S(=O)(=O)NC(=O)c3ccccc3)cc2)cc1.[HH]. The first-order chi connectivity index (χ1) is 17.9. The molecular weight excluding hydrogens is 500 g/mol. The summed E-state index contributed by atoms with van der Waals surface area (Å²) in [6, 6.07) is 33.9. The van der Waals surface area contributed by atoms with Crippen molar-refractivity contribution in [2.75, 3.05) is 12.3 Å². The van der Waals surface area contributed by atoms with Crippen LogP contribution in [0.1, 0.15) is 28.5 Å². The summed E-state index contributed by atoms with van der Waals surface area (Å²) in [6.07, 6.45) is 0. The van der Waals surface area contributed by atoms with Gasteiger partial charge in [0.15, 0.2) is 0 Å². The van der Waals surface area contributed by atoms with Crippen LogP contribution in [-0.4, -0.2) is 31.5 Å². The number of rotatable bonds is 11. The van der Waals surface area contributed by atoms with Crippen LogP contribution in [0.3, 0.4) is 0 Å². The average Bonchev–Trinajstić information content (AvgIpc) is 2.91. The molecule has 4 rings (SSSR count). The van der Waals surface area contributed by atoms with Crippen molar-refractivity contribution in [2.45, 2.75) is 29.8 Å². The molecule has 4 aromatic carbocycles. The van der Waals surface area contributed by atoms with E-state index < -0.39 is 15.9 Å². The molecule has 0 aromatic heterocycles. The minimum absolute atomic E-state index is 0. The van der Waals surface area contributed by atoms with E-state index in [4.69, 9.17) is 0 Å². The van der Waals surface area contributed by atoms with Crippen molar-refractivity contribution in [3.05, 3.63) is 131 Å². The van der Waals surface area contributed by atoms with Crippen molar-refractivity contribution in [1.29, 1.82) is 0 Å². The van der Waals surface area contributed by atoms with Crippen LogP contribution < -0.4 is 4.72 Å². The summed E-state index contributed by atoms with van der Waals surface area (Å²) in [6.45, 7) is 4.43. The lowest BCUT2D eigenvalue weighted by Gasteiger charge is -2.23. The molecule has 0 radical (unpaired) electrons. The van der Waals surface area contributed by atoms with E-state index in [0.29, 0.717) is 12.1 Å². The number of amides is 1. The van der Waals surface area contributed by atoms with Crippen LogP contribution in [0.25, 0.3) is 0 Å². The number of sulfonamides is 1.